The summed E-state index contributed by atoms with van der Waals surface area (Å²) in [7, 11) is 0. The summed E-state index contributed by atoms with van der Waals surface area (Å²) >= 11 is 0. The minimum Gasteiger partial charge on any atom is -0.453 e. The van der Waals surface area contributed by atoms with Gasteiger partial charge >= 0.3 is 0 Å². The van der Waals surface area contributed by atoms with E-state index >= 15 is 0 Å². The third-order valence-corrected chi connectivity index (χ3v) is 26.0. The molecule has 0 atom stereocenters. The van der Waals surface area contributed by atoms with E-state index in [1.54, 1.807) is 0 Å². The van der Waals surface area contributed by atoms with Crippen LogP contribution in [0.2, 0.25) is 0 Å². The second-order valence-corrected chi connectivity index (χ2v) is 35.8. The summed E-state index contributed by atoms with van der Waals surface area (Å²) in [6.07, 6.45) is 2.08. The average molecular weight is 1790 g/mol. The molecule has 4 aliphatic heterocycles. The van der Waals surface area contributed by atoms with Gasteiger partial charge in [-0.2, -0.15) is 0 Å². The Hall–Kier alpha value is -17.2. The number of anilines is 12. The van der Waals surface area contributed by atoms with Crippen molar-refractivity contribution in [1.29, 1.82) is 0 Å². The maximum atomic E-state index is 6.28. The summed E-state index contributed by atoms with van der Waals surface area (Å²) in [4.78, 5) is 9.22. The van der Waals surface area contributed by atoms with Gasteiger partial charge in [0.2, 0.25) is 0 Å². The number of benzene rings is 20. The van der Waals surface area contributed by atoms with Crippen LogP contribution in [-0.4, -0.2) is 0 Å². The van der Waals surface area contributed by atoms with Crippen molar-refractivity contribution in [3.05, 3.63) is 506 Å². The van der Waals surface area contributed by atoms with Crippen molar-refractivity contribution in [1.82, 2.24) is 0 Å². The fraction of sp³-hybridized carbons (Fsp3) is 0.0769. The van der Waals surface area contributed by atoms with Gasteiger partial charge < -0.3 is 38.5 Å². The Bertz CT molecular complexity index is 7570. The van der Waals surface area contributed by atoms with E-state index in [0.29, 0.717) is 0 Å². The van der Waals surface area contributed by atoms with Gasteiger partial charge in [0, 0.05) is 22.7 Å². The molecule has 0 amide bonds. The largest absolute Gasteiger partial charge is 0.453 e. The number of nitrogens with zero attached hydrogens (tertiary/aromatic N) is 4. The van der Waals surface area contributed by atoms with E-state index in [1.165, 1.54) is 134 Å². The highest BCUT2D eigenvalue weighted by Crippen LogP contribution is 2.57. The van der Waals surface area contributed by atoms with E-state index in [-0.39, 0.29) is 0 Å². The second kappa shape index (κ2) is 38.8. The van der Waals surface area contributed by atoms with Gasteiger partial charge in [0.1, 0.15) is 0 Å². The van der Waals surface area contributed by atoms with Gasteiger partial charge in [-0.3, -0.25) is 0 Å². The number of rotatable bonds is 14. The minimum atomic E-state index is 0.861. The summed E-state index contributed by atoms with van der Waals surface area (Å²) in [6, 6.07) is 163. The Labute approximate surface area is 810 Å². The van der Waals surface area contributed by atoms with Crippen LogP contribution in [-0.2, 0) is 12.8 Å². The van der Waals surface area contributed by atoms with Crippen molar-refractivity contribution in [3.8, 4) is 135 Å². The number of para-hydroxylation sites is 16. The zero-order chi connectivity index (χ0) is 93.7. The van der Waals surface area contributed by atoms with E-state index in [0.717, 1.165) is 127 Å². The molecule has 0 unspecified atom stereocenters. The van der Waals surface area contributed by atoms with E-state index < -0.39 is 0 Å². The third kappa shape index (κ3) is 18.1. The smallest absolute Gasteiger partial charge is 0.151 e. The van der Waals surface area contributed by atoms with Gasteiger partial charge in [-0.1, -0.05) is 357 Å². The van der Waals surface area contributed by atoms with Gasteiger partial charge in [-0.15, -0.1) is 0 Å². The van der Waals surface area contributed by atoms with Crippen molar-refractivity contribution in [2.45, 2.75) is 68.2 Å². The van der Waals surface area contributed by atoms with Crippen molar-refractivity contribution in [2.24, 2.45) is 0 Å². The zero-order valence-electron chi connectivity index (χ0n) is 78.7. The quantitative estimate of drug-likeness (QED) is 0.107. The lowest BCUT2D eigenvalue weighted by molar-refractivity contribution is 0.477. The van der Waals surface area contributed by atoms with Crippen LogP contribution in [0, 0.1) is 41.5 Å². The maximum Gasteiger partial charge on any atom is 0.151 e. The van der Waals surface area contributed by atoms with Crippen LogP contribution >= 0.6 is 0 Å². The lowest BCUT2D eigenvalue weighted by Gasteiger charge is -2.33. The monoisotopic (exact) mass is 1780 g/mol. The minimum absolute atomic E-state index is 0.861. The highest BCUT2D eigenvalue weighted by Gasteiger charge is 2.32. The predicted octanol–water partition coefficient (Wildman–Crippen LogP) is 37.4. The van der Waals surface area contributed by atoms with Crippen LogP contribution in [0.1, 0.15) is 58.4 Å². The fourth-order valence-corrected chi connectivity index (χ4v) is 19.3. The third-order valence-electron chi connectivity index (χ3n) is 26.0. The molecule has 0 N–H and O–H groups in total. The molecule has 20 aromatic rings. The van der Waals surface area contributed by atoms with Gasteiger partial charge in [-0.25, -0.2) is 0 Å². The molecule has 8 nitrogen and oxygen atoms in total. The van der Waals surface area contributed by atoms with Crippen LogP contribution in [0.5, 0.6) is 46.0 Å². The molecule has 0 bridgehead atoms. The van der Waals surface area contributed by atoms with Crippen molar-refractivity contribution >= 4 is 68.2 Å². The summed E-state index contributed by atoms with van der Waals surface area (Å²) in [5.41, 5.74) is 42.5. The number of aryl methyl sites for hydroxylation is 8. The molecule has 0 saturated carbocycles. The zero-order valence-corrected chi connectivity index (χ0v) is 78.7. The molecule has 4 aliphatic rings. The summed E-state index contributed by atoms with van der Waals surface area (Å²) in [5.74, 6) is 6.90. The fourth-order valence-electron chi connectivity index (χ4n) is 19.3. The van der Waals surface area contributed by atoms with Crippen molar-refractivity contribution in [3.63, 3.8) is 0 Å². The number of fused-ring (bicyclic) bond motifs is 8. The molecule has 0 aromatic heterocycles. The summed E-state index contributed by atoms with van der Waals surface area (Å²) < 4.78 is 24.9. The van der Waals surface area contributed by atoms with Gasteiger partial charge in [0.15, 0.2) is 46.0 Å². The molecule has 0 aliphatic carbocycles. The molecule has 8 heteroatoms. The molecule has 24 rings (SSSR count). The molecule has 20 aromatic carbocycles. The highest BCUT2D eigenvalue weighted by atomic mass is 16.5. The average Bonchev–Trinajstić information content (AvgIpc) is 0.761. The molecular formula is C130H104N4O4. The first-order chi connectivity index (χ1) is 67.7. The van der Waals surface area contributed by atoms with E-state index in [1.807, 2.05) is 97.1 Å². The highest BCUT2D eigenvalue weighted by molar-refractivity contribution is 5.98. The first-order valence-corrected chi connectivity index (χ1v) is 47.6. The Morgan fingerprint density at radius 1 is 0.152 bits per heavy atom. The topological polar surface area (TPSA) is 49.9 Å². The predicted molar refractivity (Wildman–Crippen MR) is 575 cm³/mol. The van der Waals surface area contributed by atoms with Crippen molar-refractivity contribution < 1.29 is 18.9 Å². The SMILES string of the molecule is CCc1ccc(-c2ccc(N3c4ccccc4Oc4ccccc43)cc2-c2ccc(CC)cc2)cc1.Cc1cc(C)cc(-c2cc(-c3cc(C)cc(C)c3)cc(N3c4ccccc4Oc4ccccc43)c2)c1.Cc1ccc(-c2ccc(N3c4ccccc4Oc4ccccc43)cc2-c2ccc(C)cc2)cc1.c1ccc(-c2ccc(N3c4ccccc4Oc4ccccc43)cc2-c2ccccc2)cc1. The molecule has 4 heterocycles. The summed E-state index contributed by atoms with van der Waals surface area (Å²) in [5, 5.41) is 0. The number of hydrogen-bond acceptors (Lipinski definition) is 8. The molecule has 668 valence electrons. The molecule has 0 fully saturated rings. The molecule has 138 heavy (non-hydrogen) atoms. The molecule has 0 radical (unpaired) electrons. The Morgan fingerprint density at radius 3 is 0.623 bits per heavy atom. The molecule has 0 spiro atoms. The van der Waals surface area contributed by atoms with E-state index in [4.69, 9.17) is 18.9 Å². The lowest BCUT2D eigenvalue weighted by atomic mass is 9.92. The van der Waals surface area contributed by atoms with Crippen LogP contribution in [0.15, 0.2) is 461 Å². The molecular weight excluding hydrogens is 1680 g/mol. The van der Waals surface area contributed by atoms with Crippen LogP contribution in [0.3, 0.4) is 0 Å². The van der Waals surface area contributed by atoms with Crippen LogP contribution in [0.4, 0.5) is 68.2 Å². The van der Waals surface area contributed by atoms with Crippen LogP contribution < -0.4 is 38.5 Å². The summed E-state index contributed by atoms with van der Waals surface area (Å²) in [6.45, 7) is 17.3. The van der Waals surface area contributed by atoms with Crippen LogP contribution in [0.25, 0.3) is 89.0 Å². The standard InChI is InChI=1S/2C34H29NO.C32H25NO.C30H21NO/c1-22-13-23(2)16-26(15-22)28-19-29(27-17-24(3)14-25(4)18-27)21-30(20-28)35-31-9-5-7-11-33(31)36-34-12-8-6-10-32(34)35;1-3-24-13-17-26(18-14-24)29-22-21-28(23-30(29)27-19-15-25(4-2)16-20-27)35-31-9-5-7-11-33(31)36-34-12-8-6-10-32(34)35;1-22-11-15-24(16-12-22)27-20-19-26(21-28(27)25-17-13-23(2)14-18-25)33-29-7-3-5-9-31(29)34-32-10-6-4-8-30(32)33;1-3-11-22(12-4-1)25-20-19-24(21-26(25)23-13-5-2-6-14-23)31-27-15-7-9-17-29(27)32-30-18-10-8-16-28(30)31/h5-21H,1-4H3;5-23H,3-4H2,1-2H3;3-21H,1-2H3;1-21H. The van der Waals surface area contributed by atoms with Crippen molar-refractivity contribution in [2.75, 3.05) is 19.6 Å². The first kappa shape index (κ1) is 87.5. The van der Waals surface area contributed by atoms with Gasteiger partial charge in [0.25, 0.3) is 0 Å². The number of hydrogen-bond donors (Lipinski definition) is 0. The Kier molecular flexibility index (Phi) is 24.6. The van der Waals surface area contributed by atoms with Gasteiger partial charge in [-0.05, 0) is 306 Å². The second-order valence-electron chi connectivity index (χ2n) is 35.8. The van der Waals surface area contributed by atoms with E-state index in [2.05, 4.69) is 439 Å². The Balaban J connectivity index is 0.000000110. The van der Waals surface area contributed by atoms with E-state index in [9.17, 15) is 0 Å². The van der Waals surface area contributed by atoms with Gasteiger partial charge in [0.05, 0.1) is 45.5 Å². The first-order valence-electron chi connectivity index (χ1n) is 47.6. The maximum absolute atomic E-state index is 6.28. The number of ether oxygens (including phenoxy) is 4. The lowest BCUT2D eigenvalue weighted by Crippen LogP contribution is -2.15. The molecule has 0 saturated heterocycles. The normalized spacial score (nSPS) is 12.0. The Morgan fingerprint density at radius 2 is 0.362 bits per heavy atom.